The molecule has 3 N–H and O–H groups in total. The number of nitrogens with two attached hydrogens (primary N) is 1. The molecule has 0 saturated heterocycles. The predicted molar refractivity (Wildman–Crippen MR) is 63.1 cm³/mol. The molecule has 0 aliphatic rings. The molecule has 0 aliphatic heterocycles. The Morgan fingerprint density at radius 1 is 1.27 bits per heavy atom. The molecular formula is C12H20N2O. The van der Waals surface area contributed by atoms with E-state index in [0.29, 0.717) is 18.6 Å². The van der Waals surface area contributed by atoms with Gasteiger partial charge in [0.25, 0.3) is 0 Å². The maximum Gasteiger partial charge on any atom is 0.118 e. The lowest BCUT2D eigenvalue weighted by molar-refractivity contribution is 0.414. The average Bonchev–Trinajstić information content (AvgIpc) is 2.29. The van der Waals surface area contributed by atoms with Crippen LogP contribution in [0.4, 0.5) is 0 Å². The molecule has 0 saturated carbocycles. The van der Waals surface area contributed by atoms with Crippen LogP contribution in [0.15, 0.2) is 24.3 Å². The zero-order valence-corrected chi connectivity index (χ0v) is 9.66. The molecule has 1 aromatic carbocycles. The van der Waals surface area contributed by atoms with E-state index in [4.69, 9.17) is 10.5 Å². The van der Waals surface area contributed by atoms with Crippen molar-refractivity contribution in [3.63, 3.8) is 0 Å². The first-order valence-corrected chi connectivity index (χ1v) is 5.27. The van der Waals surface area contributed by atoms with Crippen molar-refractivity contribution in [1.29, 1.82) is 0 Å². The molecule has 1 unspecified atom stereocenters. The second-order valence-electron chi connectivity index (χ2n) is 3.80. The van der Waals surface area contributed by atoms with Gasteiger partial charge in [0.1, 0.15) is 5.75 Å². The van der Waals surface area contributed by atoms with Crippen molar-refractivity contribution in [2.45, 2.75) is 25.9 Å². The van der Waals surface area contributed by atoms with Crippen molar-refractivity contribution < 1.29 is 4.74 Å². The van der Waals surface area contributed by atoms with Crippen LogP contribution in [-0.4, -0.2) is 19.7 Å². The summed E-state index contributed by atoms with van der Waals surface area (Å²) < 4.78 is 5.11. The molecule has 0 spiro atoms. The van der Waals surface area contributed by atoms with E-state index in [1.54, 1.807) is 7.11 Å². The van der Waals surface area contributed by atoms with Gasteiger partial charge >= 0.3 is 0 Å². The minimum atomic E-state index is 0.314. The quantitative estimate of drug-likeness (QED) is 0.774. The van der Waals surface area contributed by atoms with Gasteiger partial charge in [0.15, 0.2) is 0 Å². The average molecular weight is 208 g/mol. The highest BCUT2D eigenvalue weighted by Crippen LogP contribution is 2.17. The fourth-order valence-electron chi connectivity index (χ4n) is 1.48. The zero-order chi connectivity index (χ0) is 11.3. The third kappa shape index (κ3) is 3.53. The Hall–Kier alpha value is -1.06. The molecule has 84 valence electrons. The molecule has 3 nitrogen and oxygen atoms in total. The lowest BCUT2D eigenvalue weighted by atomic mass is 10.1. The zero-order valence-electron chi connectivity index (χ0n) is 9.66. The fraction of sp³-hybridized carbons (Fsp3) is 0.500. The number of nitrogens with one attached hydrogen (secondary N) is 1. The Balaban J connectivity index is 2.61. The second kappa shape index (κ2) is 5.73. The molecular weight excluding hydrogens is 188 g/mol. The van der Waals surface area contributed by atoms with E-state index in [-0.39, 0.29) is 0 Å². The molecule has 0 amide bonds. The molecule has 15 heavy (non-hydrogen) atoms. The van der Waals surface area contributed by atoms with Gasteiger partial charge in [-0.15, -0.1) is 0 Å². The highest BCUT2D eigenvalue weighted by molar-refractivity contribution is 5.28. The summed E-state index contributed by atoms with van der Waals surface area (Å²) in [7, 11) is 1.67. The Labute approximate surface area is 91.6 Å². The summed E-state index contributed by atoms with van der Waals surface area (Å²) in [6.45, 7) is 4.87. The van der Waals surface area contributed by atoms with Gasteiger partial charge in [0, 0.05) is 18.6 Å². The highest BCUT2D eigenvalue weighted by atomic mass is 16.5. The van der Waals surface area contributed by atoms with Crippen LogP contribution < -0.4 is 15.8 Å². The van der Waals surface area contributed by atoms with Gasteiger partial charge in [-0.05, 0) is 31.5 Å². The van der Waals surface area contributed by atoms with Gasteiger partial charge in [-0.2, -0.15) is 0 Å². The molecule has 0 heterocycles. The van der Waals surface area contributed by atoms with E-state index >= 15 is 0 Å². The molecule has 1 aromatic rings. The highest BCUT2D eigenvalue weighted by Gasteiger charge is 2.07. The Morgan fingerprint density at radius 2 is 1.87 bits per heavy atom. The van der Waals surface area contributed by atoms with Gasteiger partial charge in [0.05, 0.1) is 7.11 Å². The summed E-state index contributed by atoms with van der Waals surface area (Å²) in [5, 5.41) is 3.42. The number of ether oxygens (including phenoxy) is 1. The largest absolute Gasteiger partial charge is 0.497 e. The van der Waals surface area contributed by atoms with E-state index in [1.807, 2.05) is 12.1 Å². The minimum absolute atomic E-state index is 0.314. The molecule has 2 atom stereocenters. The van der Waals surface area contributed by atoms with E-state index < -0.39 is 0 Å². The lowest BCUT2D eigenvalue weighted by Crippen LogP contribution is -2.34. The summed E-state index contributed by atoms with van der Waals surface area (Å²) in [5.41, 5.74) is 6.81. The molecule has 0 bridgehead atoms. The first-order chi connectivity index (χ1) is 7.17. The van der Waals surface area contributed by atoms with Crippen molar-refractivity contribution in [3.05, 3.63) is 29.8 Å². The van der Waals surface area contributed by atoms with Gasteiger partial charge in [-0.3, -0.25) is 0 Å². The van der Waals surface area contributed by atoms with E-state index in [1.165, 1.54) is 5.56 Å². The summed E-state index contributed by atoms with van der Waals surface area (Å²) in [4.78, 5) is 0. The Morgan fingerprint density at radius 3 is 2.33 bits per heavy atom. The first kappa shape index (κ1) is 12.0. The van der Waals surface area contributed by atoms with E-state index in [9.17, 15) is 0 Å². The van der Waals surface area contributed by atoms with Crippen LogP contribution in [-0.2, 0) is 0 Å². The number of methoxy groups -OCH3 is 1. The maximum absolute atomic E-state index is 5.56. The second-order valence-corrected chi connectivity index (χ2v) is 3.80. The molecule has 1 rings (SSSR count). The minimum Gasteiger partial charge on any atom is -0.497 e. The van der Waals surface area contributed by atoms with Crippen LogP contribution in [0.25, 0.3) is 0 Å². The predicted octanol–water partition coefficient (Wildman–Crippen LogP) is 1.69. The summed E-state index contributed by atoms with van der Waals surface area (Å²) in [6.07, 6.45) is 0. The lowest BCUT2D eigenvalue weighted by Gasteiger charge is -2.19. The number of hydrogen-bond donors (Lipinski definition) is 2. The van der Waals surface area contributed by atoms with Gasteiger partial charge in [0.2, 0.25) is 0 Å². The van der Waals surface area contributed by atoms with E-state index in [2.05, 4.69) is 31.3 Å². The summed E-state index contributed by atoms with van der Waals surface area (Å²) in [6, 6.07) is 8.73. The van der Waals surface area contributed by atoms with Crippen molar-refractivity contribution in [2.24, 2.45) is 5.73 Å². The molecule has 0 radical (unpaired) electrons. The van der Waals surface area contributed by atoms with Gasteiger partial charge < -0.3 is 15.8 Å². The van der Waals surface area contributed by atoms with Gasteiger partial charge in [-0.1, -0.05) is 12.1 Å². The monoisotopic (exact) mass is 208 g/mol. The van der Waals surface area contributed by atoms with Crippen LogP contribution >= 0.6 is 0 Å². The Bertz CT molecular complexity index is 284. The van der Waals surface area contributed by atoms with Crippen LogP contribution in [0.1, 0.15) is 25.5 Å². The van der Waals surface area contributed by atoms with Crippen LogP contribution in [0.5, 0.6) is 5.75 Å². The number of benzene rings is 1. The SMILES string of the molecule is COc1ccc([C@@H](C)NC(C)CN)cc1. The van der Waals surface area contributed by atoms with Crippen molar-refractivity contribution in [1.82, 2.24) is 5.32 Å². The summed E-state index contributed by atoms with van der Waals surface area (Å²) in [5.74, 6) is 0.887. The van der Waals surface area contributed by atoms with Crippen molar-refractivity contribution >= 4 is 0 Å². The normalized spacial score (nSPS) is 14.7. The van der Waals surface area contributed by atoms with Gasteiger partial charge in [-0.25, -0.2) is 0 Å². The third-order valence-electron chi connectivity index (χ3n) is 2.50. The molecule has 0 fully saturated rings. The smallest absolute Gasteiger partial charge is 0.118 e. The molecule has 0 aliphatic carbocycles. The number of hydrogen-bond acceptors (Lipinski definition) is 3. The van der Waals surface area contributed by atoms with Crippen molar-refractivity contribution in [2.75, 3.05) is 13.7 Å². The number of rotatable bonds is 5. The van der Waals surface area contributed by atoms with Crippen LogP contribution in [0, 0.1) is 0 Å². The van der Waals surface area contributed by atoms with Crippen LogP contribution in [0.2, 0.25) is 0 Å². The standard InChI is InChI=1S/C12H20N2O/c1-9(8-13)14-10(2)11-4-6-12(15-3)7-5-11/h4-7,9-10,14H,8,13H2,1-3H3/t9?,10-/m1/s1. The first-order valence-electron chi connectivity index (χ1n) is 5.27. The van der Waals surface area contributed by atoms with Crippen molar-refractivity contribution in [3.8, 4) is 5.75 Å². The Kier molecular flexibility index (Phi) is 4.59. The molecule has 0 aromatic heterocycles. The topological polar surface area (TPSA) is 47.3 Å². The third-order valence-corrected chi connectivity index (χ3v) is 2.50. The maximum atomic E-state index is 5.56. The fourth-order valence-corrected chi connectivity index (χ4v) is 1.48. The summed E-state index contributed by atoms with van der Waals surface area (Å²) >= 11 is 0. The van der Waals surface area contributed by atoms with Crippen LogP contribution in [0.3, 0.4) is 0 Å². The van der Waals surface area contributed by atoms with E-state index in [0.717, 1.165) is 5.75 Å². The molecule has 3 heteroatoms.